The van der Waals surface area contributed by atoms with Gasteiger partial charge >= 0.3 is 6.03 Å². The number of rotatable bonds is 2. The Hall–Kier alpha value is -3.61. The Morgan fingerprint density at radius 2 is 1.68 bits per heavy atom. The zero-order valence-corrected chi connectivity index (χ0v) is 15.4. The summed E-state index contributed by atoms with van der Waals surface area (Å²) in [6, 6.07) is 9.61. The minimum absolute atomic E-state index is 0.130. The van der Waals surface area contributed by atoms with E-state index < -0.39 is 17.8 Å². The molecule has 2 aromatic rings. The third-order valence-electron chi connectivity index (χ3n) is 4.73. The molecule has 0 saturated carbocycles. The molecule has 7 nitrogen and oxygen atoms in total. The molecule has 4 rings (SSSR count). The summed E-state index contributed by atoms with van der Waals surface area (Å²) in [4.78, 5) is 38.5. The van der Waals surface area contributed by atoms with Gasteiger partial charge in [0.25, 0.3) is 11.8 Å². The molecule has 1 N–H and O–H groups in total. The van der Waals surface area contributed by atoms with Crippen molar-refractivity contribution < 1.29 is 23.9 Å². The molecule has 0 radical (unpaired) electrons. The molecule has 0 aliphatic carbocycles. The van der Waals surface area contributed by atoms with Crippen molar-refractivity contribution in [2.24, 2.45) is 0 Å². The van der Waals surface area contributed by atoms with Crippen LogP contribution in [0.2, 0.25) is 0 Å². The normalized spacial score (nSPS) is 17.7. The van der Waals surface area contributed by atoms with Gasteiger partial charge < -0.3 is 9.47 Å². The summed E-state index contributed by atoms with van der Waals surface area (Å²) in [6.45, 7) is 4.74. The average Bonchev–Trinajstić information content (AvgIpc) is 2.67. The highest BCUT2D eigenvalue weighted by molar-refractivity contribution is 6.39. The van der Waals surface area contributed by atoms with Crippen LogP contribution in [0.15, 0.2) is 42.0 Å². The fourth-order valence-corrected chi connectivity index (χ4v) is 3.07. The van der Waals surface area contributed by atoms with E-state index in [-0.39, 0.29) is 5.57 Å². The molecule has 28 heavy (non-hydrogen) atoms. The van der Waals surface area contributed by atoms with E-state index in [1.807, 2.05) is 19.9 Å². The molecule has 0 spiro atoms. The molecular formula is C21H18N2O5. The number of ether oxygens (including phenoxy) is 2. The maximum atomic E-state index is 13.0. The lowest BCUT2D eigenvalue weighted by Crippen LogP contribution is -2.54. The molecule has 7 heteroatoms. The van der Waals surface area contributed by atoms with Gasteiger partial charge in [-0.05, 0) is 60.9 Å². The lowest BCUT2D eigenvalue weighted by atomic mass is 10.0. The molecule has 2 heterocycles. The number of fused-ring (bicyclic) bond motifs is 1. The summed E-state index contributed by atoms with van der Waals surface area (Å²) in [5.41, 5.74) is 2.85. The van der Waals surface area contributed by atoms with Gasteiger partial charge in [-0.25, -0.2) is 9.69 Å². The predicted molar refractivity (Wildman–Crippen MR) is 102 cm³/mol. The average molecular weight is 378 g/mol. The Morgan fingerprint density at radius 1 is 0.929 bits per heavy atom. The first kappa shape index (κ1) is 17.8. The minimum Gasteiger partial charge on any atom is -0.486 e. The van der Waals surface area contributed by atoms with Gasteiger partial charge in [0, 0.05) is 0 Å². The number of aryl methyl sites for hydroxylation is 2. The summed E-state index contributed by atoms with van der Waals surface area (Å²) in [5, 5.41) is 2.23. The lowest BCUT2D eigenvalue weighted by molar-refractivity contribution is -0.122. The van der Waals surface area contributed by atoms with E-state index in [1.165, 1.54) is 6.08 Å². The molecule has 1 fully saturated rings. The quantitative estimate of drug-likeness (QED) is 0.642. The van der Waals surface area contributed by atoms with Gasteiger partial charge in [-0.3, -0.25) is 14.9 Å². The topological polar surface area (TPSA) is 84.9 Å². The number of hydrogen-bond acceptors (Lipinski definition) is 5. The first-order valence-electron chi connectivity index (χ1n) is 8.82. The van der Waals surface area contributed by atoms with Crippen molar-refractivity contribution in [1.29, 1.82) is 0 Å². The standard InChI is InChI=1S/C21H18N2O5/c1-12-3-5-15(9-13(12)2)23-20(25)16(19(24)22-21(23)26)10-14-4-6-17-18(11-14)28-8-7-27-17/h3-6,9-11H,7-8H2,1-2H3,(H,22,24,26)/b16-10+. The van der Waals surface area contributed by atoms with E-state index in [9.17, 15) is 14.4 Å². The maximum absolute atomic E-state index is 13.0. The molecule has 4 amide bonds. The van der Waals surface area contributed by atoms with Crippen molar-refractivity contribution in [3.8, 4) is 11.5 Å². The Labute approximate surface area is 161 Å². The van der Waals surface area contributed by atoms with Crippen LogP contribution in [0.5, 0.6) is 11.5 Å². The minimum atomic E-state index is -0.766. The SMILES string of the molecule is Cc1ccc(N2C(=O)NC(=O)/C(=C\c3ccc4c(c3)OCCO4)C2=O)cc1C. The maximum Gasteiger partial charge on any atom is 0.335 e. The number of carbonyl (C=O) groups excluding carboxylic acids is 3. The molecule has 2 aliphatic heterocycles. The Morgan fingerprint density at radius 3 is 2.43 bits per heavy atom. The first-order chi connectivity index (χ1) is 13.4. The van der Waals surface area contributed by atoms with Crippen molar-refractivity contribution in [3.05, 3.63) is 58.7 Å². The molecule has 0 aromatic heterocycles. The summed E-state index contributed by atoms with van der Waals surface area (Å²) in [6.07, 6.45) is 1.44. The Kier molecular flexibility index (Phi) is 4.35. The highest BCUT2D eigenvalue weighted by Gasteiger charge is 2.37. The third kappa shape index (κ3) is 3.11. The zero-order chi connectivity index (χ0) is 19.8. The number of benzene rings is 2. The van der Waals surface area contributed by atoms with Crippen LogP contribution in [0.3, 0.4) is 0 Å². The number of anilines is 1. The number of urea groups is 1. The first-order valence-corrected chi connectivity index (χ1v) is 8.82. The van der Waals surface area contributed by atoms with Crippen LogP contribution in [-0.2, 0) is 9.59 Å². The molecule has 1 saturated heterocycles. The van der Waals surface area contributed by atoms with E-state index in [0.29, 0.717) is 36.0 Å². The number of nitrogens with zero attached hydrogens (tertiary/aromatic N) is 1. The summed E-state index contributed by atoms with van der Waals surface area (Å²) >= 11 is 0. The molecule has 0 bridgehead atoms. The number of carbonyl (C=O) groups is 3. The van der Waals surface area contributed by atoms with Gasteiger partial charge in [0.1, 0.15) is 18.8 Å². The van der Waals surface area contributed by atoms with E-state index in [4.69, 9.17) is 9.47 Å². The number of nitrogens with one attached hydrogen (secondary N) is 1. The van der Waals surface area contributed by atoms with Gasteiger partial charge in [0.05, 0.1) is 5.69 Å². The summed E-state index contributed by atoms with van der Waals surface area (Å²) < 4.78 is 11.0. The van der Waals surface area contributed by atoms with Crippen LogP contribution in [0, 0.1) is 13.8 Å². The number of barbiturate groups is 1. The van der Waals surface area contributed by atoms with Crippen LogP contribution >= 0.6 is 0 Å². The second kappa shape index (κ2) is 6.84. The molecule has 142 valence electrons. The number of hydrogen-bond donors (Lipinski definition) is 1. The molecule has 0 atom stereocenters. The zero-order valence-electron chi connectivity index (χ0n) is 15.4. The lowest BCUT2D eigenvalue weighted by Gasteiger charge is -2.27. The number of amides is 4. The van der Waals surface area contributed by atoms with Gasteiger partial charge in [0.15, 0.2) is 11.5 Å². The van der Waals surface area contributed by atoms with E-state index in [0.717, 1.165) is 16.0 Å². The van der Waals surface area contributed by atoms with E-state index in [2.05, 4.69) is 5.32 Å². The monoisotopic (exact) mass is 378 g/mol. The second-order valence-electron chi connectivity index (χ2n) is 6.63. The molecular weight excluding hydrogens is 360 g/mol. The van der Waals surface area contributed by atoms with Gasteiger partial charge in [-0.1, -0.05) is 12.1 Å². The fourth-order valence-electron chi connectivity index (χ4n) is 3.07. The van der Waals surface area contributed by atoms with Crippen molar-refractivity contribution in [1.82, 2.24) is 5.32 Å². The van der Waals surface area contributed by atoms with Crippen LogP contribution in [0.4, 0.5) is 10.5 Å². The van der Waals surface area contributed by atoms with Crippen LogP contribution in [0.1, 0.15) is 16.7 Å². The van der Waals surface area contributed by atoms with Crippen LogP contribution < -0.4 is 19.7 Å². The van der Waals surface area contributed by atoms with Crippen molar-refractivity contribution in [2.45, 2.75) is 13.8 Å². The highest BCUT2D eigenvalue weighted by atomic mass is 16.6. The third-order valence-corrected chi connectivity index (χ3v) is 4.73. The van der Waals surface area contributed by atoms with Gasteiger partial charge in [0.2, 0.25) is 0 Å². The second-order valence-corrected chi connectivity index (χ2v) is 6.63. The highest BCUT2D eigenvalue weighted by Crippen LogP contribution is 2.32. The van der Waals surface area contributed by atoms with Crippen molar-refractivity contribution in [2.75, 3.05) is 18.1 Å². The van der Waals surface area contributed by atoms with Crippen LogP contribution in [-0.4, -0.2) is 31.1 Å². The Balaban J connectivity index is 1.71. The fraction of sp³-hybridized carbons (Fsp3) is 0.190. The summed E-state index contributed by atoms with van der Waals surface area (Å²) in [5.74, 6) is -0.247. The van der Waals surface area contributed by atoms with Crippen molar-refractivity contribution in [3.63, 3.8) is 0 Å². The molecule has 2 aromatic carbocycles. The van der Waals surface area contributed by atoms with Gasteiger partial charge in [-0.15, -0.1) is 0 Å². The number of imide groups is 2. The molecule has 0 unspecified atom stereocenters. The largest absolute Gasteiger partial charge is 0.486 e. The van der Waals surface area contributed by atoms with E-state index in [1.54, 1.807) is 30.3 Å². The van der Waals surface area contributed by atoms with Crippen molar-refractivity contribution >= 4 is 29.6 Å². The molecule has 2 aliphatic rings. The van der Waals surface area contributed by atoms with Crippen LogP contribution in [0.25, 0.3) is 6.08 Å². The Bertz CT molecular complexity index is 1040. The smallest absolute Gasteiger partial charge is 0.335 e. The summed E-state index contributed by atoms with van der Waals surface area (Å²) in [7, 11) is 0. The van der Waals surface area contributed by atoms with Gasteiger partial charge in [-0.2, -0.15) is 0 Å². The predicted octanol–water partition coefficient (Wildman–Crippen LogP) is 2.74. The van der Waals surface area contributed by atoms with E-state index >= 15 is 0 Å².